The van der Waals surface area contributed by atoms with E-state index in [1.54, 1.807) is 0 Å². The van der Waals surface area contributed by atoms with Crippen LogP contribution in [0, 0.1) is 6.92 Å². The lowest BCUT2D eigenvalue weighted by atomic mass is 10.0. The van der Waals surface area contributed by atoms with E-state index in [1.807, 2.05) is 55.5 Å². The molecule has 0 aliphatic heterocycles. The van der Waals surface area contributed by atoms with Gasteiger partial charge < -0.3 is 0 Å². The first-order chi connectivity index (χ1) is 12.5. The number of hydrazine groups is 1. The van der Waals surface area contributed by atoms with Gasteiger partial charge in [-0.25, -0.2) is 5.01 Å². The number of aryl methyl sites for hydroxylation is 1. The molecule has 26 heavy (non-hydrogen) atoms. The molecule has 2 N–H and O–H groups in total. The van der Waals surface area contributed by atoms with Gasteiger partial charge in [0.25, 0.3) is 0 Å². The average molecular weight is 413 g/mol. The highest BCUT2D eigenvalue weighted by atomic mass is 79.9. The maximum atomic E-state index is 11.6. The Bertz CT molecular complexity index is 902. The van der Waals surface area contributed by atoms with Gasteiger partial charge in [0.1, 0.15) is 5.69 Å². The molecule has 1 aromatic heterocycles. The Morgan fingerprint density at radius 3 is 2.50 bits per heavy atom. The molecule has 0 aliphatic carbocycles. The van der Waals surface area contributed by atoms with Crippen LogP contribution >= 0.6 is 15.9 Å². The Labute approximate surface area is 161 Å². The predicted molar refractivity (Wildman–Crippen MR) is 109 cm³/mol. The molecule has 0 saturated heterocycles. The summed E-state index contributed by atoms with van der Waals surface area (Å²) in [7, 11) is 0. The zero-order valence-electron chi connectivity index (χ0n) is 15.0. The van der Waals surface area contributed by atoms with Crippen molar-refractivity contribution in [3.8, 4) is 11.3 Å². The van der Waals surface area contributed by atoms with Crippen LogP contribution in [-0.2, 0) is 4.79 Å². The molecular formula is C20H21BrN4O. The van der Waals surface area contributed by atoms with Gasteiger partial charge in [-0.3, -0.25) is 15.3 Å². The molecule has 0 radical (unpaired) electrons. The van der Waals surface area contributed by atoms with Crippen molar-refractivity contribution in [2.24, 2.45) is 0 Å². The maximum Gasteiger partial charge on any atom is 0.232 e. The molecule has 6 heteroatoms. The number of halogens is 1. The fraction of sp³-hybridized carbons (Fsp3) is 0.200. The normalized spacial score (nSPS) is 10.8. The monoisotopic (exact) mass is 412 g/mol. The molecule has 0 aliphatic rings. The van der Waals surface area contributed by atoms with Crippen LogP contribution in [0.3, 0.4) is 0 Å². The lowest BCUT2D eigenvalue weighted by molar-refractivity contribution is -0.107. The highest BCUT2D eigenvalue weighted by Crippen LogP contribution is 2.30. The first kappa shape index (κ1) is 18.2. The molecule has 1 amide bonds. The second-order valence-electron chi connectivity index (χ2n) is 6.43. The van der Waals surface area contributed by atoms with Gasteiger partial charge in [-0.15, -0.1) is 0 Å². The van der Waals surface area contributed by atoms with Crippen molar-refractivity contribution in [2.45, 2.75) is 26.7 Å². The second kappa shape index (κ2) is 7.74. The number of carbonyl (C=O) groups excluding carboxylic acids is 1. The molecule has 0 fully saturated rings. The van der Waals surface area contributed by atoms with E-state index in [1.165, 1.54) is 10.6 Å². The van der Waals surface area contributed by atoms with Crippen LogP contribution in [0.15, 0.2) is 53.0 Å². The Morgan fingerprint density at radius 1 is 1.19 bits per heavy atom. The number of carbonyl (C=O) groups is 1. The minimum absolute atomic E-state index is 0.453. The Morgan fingerprint density at radius 2 is 1.92 bits per heavy atom. The molecule has 134 valence electrons. The number of nitrogens with zero attached hydrogens (tertiary/aromatic N) is 2. The first-order valence-corrected chi connectivity index (χ1v) is 9.21. The summed E-state index contributed by atoms with van der Waals surface area (Å²) in [5.41, 5.74) is 8.72. The van der Waals surface area contributed by atoms with Crippen molar-refractivity contribution in [3.05, 3.63) is 64.3 Å². The van der Waals surface area contributed by atoms with E-state index in [2.05, 4.69) is 45.4 Å². The fourth-order valence-electron chi connectivity index (χ4n) is 2.65. The second-order valence-corrected chi connectivity index (χ2v) is 7.22. The number of benzene rings is 2. The van der Waals surface area contributed by atoms with Gasteiger partial charge in [0.05, 0.1) is 15.8 Å². The van der Waals surface area contributed by atoms with Crippen LogP contribution < -0.4 is 10.4 Å². The SMILES string of the molecule is Cc1[nH]nc(-c2cccc(NN(C=O)c3ccc(C(C)C)cc3)c2)c1Br. The quantitative estimate of drug-likeness (QED) is 0.428. The number of anilines is 2. The van der Waals surface area contributed by atoms with Crippen LogP contribution in [0.2, 0.25) is 0 Å². The first-order valence-electron chi connectivity index (χ1n) is 8.41. The van der Waals surface area contributed by atoms with Gasteiger partial charge in [0, 0.05) is 11.3 Å². The standard InChI is InChI=1S/C20H21BrN4O/c1-13(2)15-7-9-18(10-8-15)25(12-26)24-17-6-4-5-16(11-17)20-19(21)14(3)22-23-20/h4-13,24H,1-3H3,(H,22,23). The highest BCUT2D eigenvalue weighted by Gasteiger charge is 2.11. The summed E-state index contributed by atoms with van der Waals surface area (Å²) < 4.78 is 0.936. The van der Waals surface area contributed by atoms with Crippen molar-refractivity contribution in [1.29, 1.82) is 0 Å². The topological polar surface area (TPSA) is 61.0 Å². The average Bonchev–Trinajstić information content (AvgIpc) is 2.99. The molecule has 2 aromatic carbocycles. The molecule has 5 nitrogen and oxygen atoms in total. The van der Waals surface area contributed by atoms with E-state index in [4.69, 9.17) is 0 Å². The van der Waals surface area contributed by atoms with Gasteiger partial charge in [0.15, 0.2) is 0 Å². The van der Waals surface area contributed by atoms with Gasteiger partial charge >= 0.3 is 0 Å². The van der Waals surface area contributed by atoms with Crippen molar-refractivity contribution in [3.63, 3.8) is 0 Å². The van der Waals surface area contributed by atoms with E-state index >= 15 is 0 Å². The van der Waals surface area contributed by atoms with Gasteiger partial charge in [-0.05, 0) is 58.6 Å². The van der Waals surface area contributed by atoms with E-state index in [0.29, 0.717) is 5.92 Å². The summed E-state index contributed by atoms with van der Waals surface area (Å²) in [5.74, 6) is 0.453. The van der Waals surface area contributed by atoms with Crippen molar-refractivity contribution in [2.75, 3.05) is 10.4 Å². The van der Waals surface area contributed by atoms with Crippen LogP contribution in [0.4, 0.5) is 11.4 Å². The lowest BCUT2D eigenvalue weighted by Crippen LogP contribution is -2.28. The largest absolute Gasteiger partial charge is 0.292 e. The van der Waals surface area contributed by atoms with E-state index in [9.17, 15) is 4.79 Å². The molecule has 0 atom stereocenters. The zero-order valence-corrected chi connectivity index (χ0v) is 16.5. The van der Waals surface area contributed by atoms with E-state index in [-0.39, 0.29) is 0 Å². The molecule has 1 heterocycles. The van der Waals surface area contributed by atoms with Crippen molar-refractivity contribution < 1.29 is 4.79 Å². The molecule has 0 bridgehead atoms. The number of hydrogen-bond donors (Lipinski definition) is 2. The molecule has 3 rings (SSSR count). The van der Waals surface area contributed by atoms with Crippen LogP contribution in [0.1, 0.15) is 31.0 Å². The van der Waals surface area contributed by atoms with Crippen LogP contribution in [0.25, 0.3) is 11.3 Å². The van der Waals surface area contributed by atoms with Crippen LogP contribution in [-0.4, -0.2) is 16.6 Å². The summed E-state index contributed by atoms with van der Waals surface area (Å²) in [5, 5.41) is 8.76. The number of aromatic nitrogens is 2. The number of hydrogen-bond acceptors (Lipinski definition) is 3. The maximum absolute atomic E-state index is 11.6. The molecule has 0 spiro atoms. The van der Waals surface area contributed by atoms with Gasteiger partial charge in [0.2, 0.25) is 6.41 Å². The third kappa shape index (κ3) is 3.80. The van der Waals surface area contributed by atoms with Crippen molar-refractivity contribution in [1.82, 2.24) is 10.2 Å². The minimum Gasteiger partial charge on any atom is -0.292 e. The summed E-state index contributed by atoms with van der Waals surface area (Å²) in [6.07, 6.45) is 0.770. The summed E-state index contributed by atoms with van der Waals surface area (Å²) >= 11 is 3.55. The summed E-state index contributed by atoms with van der Waals surface area (Å²) in [6, 6.07) is 15.7. The Kier molecular flexibility index (Phi) is 5.42. The van der Waals surface area contributed by atoms with E-state index in [0.717, 1.165) is 39.2 Å². The summed E-state index contributed by atoms with van der Waals surface area (Å²) in [4.78, 5) is 11.6. The predicted octanol–water partition coefficient (Wildman–Crippen LogP) is 5.26. The van der Waals surface area contributed by atoms with Gasteiger partial charge in [-0.1, -0.05) is 38.1 Å². The highest BCUT2D eigenvalue weighted by molar-refractivity contribution is 9.10. The lowest BCUT2D eigenvalue weighted by Gasteiger charge is -2.20. The van der Waals surface area contributed by atoms with E-state index < -0.39 is 0 Å². The number of rotatable bonds is 6. The van der Waals surface area contributed by atoms with Crippen LogP contribution in [0.5, 0.6) is 0 Å². The smallest absolute Gasteiger partial charge is 0.232 e. The molecule has 0 saturated carbocycles. The third-order valence-corrected chi connectivity index (χ3v) is 5.17. The van der Waals surface area contributed by atoms with Crippen molar-refractivity contribution >= 4 is 33.7 Å². The molecule has 3 aromatic rings. The summed E-state index contributed by atoms with van der Waals surface area (Å²) in [6.45, 7) is 6.24. The van der Waals surface area contributed by atoms with Gasteiger partial charge in [-0.2, -0.15) is 5.10 Å². The zero-order chi connectivity index (χ0) is 18.7. The number of H-pyrrole nitrogens is 1. The Hall–Kier alpha value is -2.60. The number of nitrogens with one attached hydrogen (secondary N) is 2. The molecular weight excluding hydrogens is 392 g/mol. The minimum atomic E-state index is 0.453. The molecule has 0 unspecified atom stereocenters. The number of amides is 1. The Balaban J connectivity index is 1.84. The third-order valence-electron chi connectivity index (χ3n) is 4.20. The number of aromatic amines is 1. The fourth-order valence-corrected chi connectivity index (χ4v) is 3.06.